The normalized spacial score (nSPS) is 30.3. The number of anilines is 1. The van der Waals surface area contributed by atoms with E-state index in [9.17, 15) is 14.4 Å². The van der Waals surface area contributed by atoms with Crippen LogP contribution in [-0.4, -0.2) is 48.9 Å². The molecule has 2 heterocycles. The topological polar surface area (TPSA) is 66.9 Å². The predicted molar refractivity (Wildman–Crippen MR) is 142 cm³/mol. The molecule has 37 heavy (non-hydrogen) atoms. The van der Waals surface area contributed by atoms with Gasteiger partial charge in [-0.3, -0.25) is 19.3 Å². The van der Waals surface area contributed by atoms with E-state index in [1.54, 1.807) is 0 Å². The zero-order chi connectivity index (χ0) is 25.1. The number of ether oxygens (including phenoxy) is 1. The third-order valence-corrected chi connectivity index (χ3v) is 9.90. The molecule has 194 valence electrons. The number of hydrogen-bond donors (Lipinski definition) is 0. The molecule has 4 saturated carbocycles. The van der Waals surface area contributed by atoms with E-state index >= 15 is 0 Å². The standard InChI is InChI=1S/C31H36N2O4/c34-28-24-7-4-6-23-26(32-10-2-1-3-11-32)9-8-25(27(23)24)29(35)33(28)12-5-13-37-30(36)31-17-20-14-21(18-31)16-22(15-20)19-31/h4,6-9,20-22H,1-3,5,10-19H2. The lowest BCUT2D eigenvalue weighted by Gasteiger charge is -2.55. The van der Waals surface area contributed by atoms with Crippen LogP contribution in [0.5, 0.6) is 0 Å². The van der Waals surface area contributed by atoms with Gasteiger partial charge in [0.25, 0.3) is 11.8 Å². The van der Waals surface area contributed by atoms with E-state index in [1.165, 1.54) is 43.4 Å². The lowest BCUT2D eigenvalue weighted by atomic mass is 9.49. The van der Waals surface area contributed by atoms with Crippen LogP contribution in [0, 0.1) is 23.2 Å². The zero-order valence-electron chi connectivity index (χ0n) is 21.5. The number of benzene rings is 2. The van der Waals surface area contributed by atoms with Gasteiger partial charge in [0.1, 0.15) is 0 Å². The fourth-order valence-electron chi connectivity index (χ4n) is 8.65. The van der Waals surface area contributed by atoms with Crippen molar-refractivity contribution in [1.82, 2.24) is 4.90 Å². The summed E-state index contributed by atoms with van der Waals surface area (Å²) in [5.41, 5.74) is 2.03. The molecule has 6 heteroatoms. The highest BCUT2D eigenvalue weighted by molar-refractivity contribution is 6.26. The Labute approximate surface area is 218 Å². The van der Waals surface area contributed by atoms with E-state index in [0.29, 0.717) is 35.3 Å². The molecule has 8 rings (SSSR count). The highest BCUT2D eigenvalue weighted by atomic mass is 16.5. The van der Waals surface area contributed by atoms with Gasteiger partial charge in [-0.15, -0.1) is 0 Å². The van der Waals surface area contributed by atoms with Crippen molar-refractivity contribution in [3.63, 3.8) is 0 Å². The molecule has 1 saturated heterocycles. The maximum Gasteiger partial charge on any atom is 0.312 e. The average Bonchev–Trinajstić information content (AvgIpc) is 2.90. The van der Waals surface area contributed by atoms with Crippen molar-refractivity contribution in [3.05, 3.63) is 41.5 Å². The fourth-order valence-corrected chi connectivity index (χ4v) is 8.65. The minimum atomic E-state index is -0.272. The van der Waals surface area contributed by atoms with Crippen LogP contribution in [0.25, 0.3) is 10.8 Å². The maximum atomic E-state index is 13.4. The minimum absolute atomic E-state index is 0.0387. The van der Waals surface area contributed by atoms with Gasteiger partial charge in [-0.25, -0.2) is 0 Å². The van der Waals surface area contributed by atoms with Gasteiger partial charge in [-0.1, -0.05) is 12.1 Å². The van der Waals surface area contributed by atoms with Crippen LogP contribution in [0.2, 0.25) is 0 Å². The van der Waals surface area contributed by atoms with Crippen molar-refractivity contribution < 1.29 is 19.1 Å². The summed E-state index contributed by atoms with van der Waals surface area (Å²) in [5.74, 6) is 1.56. The molecule has 2 aromatic carbocycles. The number of carbonyl (C=O) groups is 3. The molecule has 2 aliphatic heterocycles. The Morgan fingerprint density at radius 1 is 0.865 bits per heavy atom. The van der Waals surface area contributed by atoms with Crippen LogP contribution in [0.15, 0.2) is 30.3 Å². The minimum Gasteiger partial charge on any atom is -0.465 e. The molecule has 0 unspecified atom stereocenters. The molecule has 6 nitrogen and oxygen atoms in total. The van der Waals surface area contributed by atoms with E-state index < -0.39 is 0 Å². The summed E-state index contributed by atoms with van der Waals surface area (Å²) in [6.07, 6.45) is 10.9. The predicted octanol–water partition coefficient (Wildman–Crippen LogP) is 5.58. The van der Waals surface area contributed by atoms with Crippen molar-refractivity contribution in [3.8, 4) is 0 Å². The van der Waals surface area contributed by atoms with Gasteiger partial charge in [-0.05, 0) is 100 Å². The second-order valence-electron chi connectivity index (χ2n) is 12.4. The van der Waals surface area contributed by atoms with E-state index in [2.05, 4.69) is 4.90 Å². The molecule has 0 atom stereocenters. The number of esters is 1. The van der Waals surface area contributed by atoms with Gasteiger partial charge in [-0.2, -0.15) is 0 Å². The summed E-state index contributed by atoms with van der Waals surface area (Å²) in [6.45, 7) is 2.53. The molecular formula is C31H36N2O4. The Morgan fingerprint density at radius 2 is 1.51 bits per heavy atom. The number of piperidine rings is 1. The van der Waals surface area contributed by atoms with Crippen LogP contribution >= 0.6 is 0 Å². The van der Waals surface area contributed by atoms with Gasteiger partial charge in [0, 0.05) is 47.2 Å². The van der Waals surface area contributed by atoms with Crippen LogP contribution in [0.4, 0.5) is 5.69 Å². The third-order valence-electron chi connectivity index (χ3n) is 9.90. The van der Waals surface area contributed by atoms with Crippen molar-refractivity contribution in [1.29, 1.82) is 0 Å². The fraction of sp³-hybridized carbons (Fsp3) is 0.581. The van der Waals surface area contributed by atoms with E-state index in [-0.39, 0.29) is 36.4 Å². The van der Waals surface area contributed by atoms with Crippen molar-refractivity contribution >= 4 is 34.2 Å². The summed E-state index contributed by atoms with van der Waals surface area (Å²) >= 11 is 0. The SMILES string of the molecule is O=C1c2cccc3c(N4CCCCC4)ccc(c23)C(=O)N1CCCOC(=O)C12CC3CC(CC(C3)C1)C2. The van der Waals surface area contributed by atoms with Crippen LogP contribution in [0.3, 0.4) is 0 Å². The molecule has 4 bridgehead atoms. The highest BCUT2D eigenvalue weighted by Gasteiger charge is 2.55. The number of nitrogens with zero attached hydrogens (tertiary/aromatic N) is 2. The van der Waals surface area contributed by atoms with Crippen LogP contribution in [0.1, 0.15) is 84.9 Å². The molecule has 5 fully saturated rings. The van der Waals surface area contributed by atoms with E-state index in [1.807, 2.05) is 30.3 Å². The summed E-state index contributed by atoms with van der Waals surface area (Å²) in [7, 11) is 0. The molecule has 0 radical (unpaired) electrons. The molecule has 2 amide bonds. The maximum absolute atomic E-state index is 13.4. The molecule has 2 aromatic rings. The third kappa shape index (κ3) is 3.78. The summed E-state index contributed by atoms with van der Waals surface area (Å²) < 4.78 is 5.80. The lowest BCUT2D eigenvalue weighted by molar-refractivity contribution is -0.171. The van der Waals surface area contributed by atoms with Crippen LogP contribution in [-0.2, 0) is 9.53 Å². The smallest absolute Gasteiger partial charge is 0.312 e. The quantitative estimate of drug-likeness (QED) is 0.294. The number of rotatable bonds is 6. The molecule has 0 spiro atoms. The first kappa shape index (κ1) is 23.2. The van der Waals surface area contributed by atoms with E-state index in [4.69, 9.17) is 4.74 Å². The first-order chi connectivity index (χ1) is 18.0. The van der Waals surface area contributed by atoms with Crippen LogP contribution < -0.4 is 4.90 Å². The number of amides is 2. The van der Waals surface area contributed by atoms with Crippen molar-refractivity contribution in [2.75, 3.05) is 31.1 Å². The molecule has 4 aliphatic carbocycles. The Hall–Kier alpha value is -2.89. The van der Waals surface area contributed by atoms with Gasteiger partial charge in [0.2, 0.25) is 0 Å². The Morgan fingerprint density at radius 3 is 2.19 bits per heavy atom. The summed E-state index contributed by atoms with van der Waals surface area (Å²) in [5, 5.41) is 1.77. The van der Waals surface area contributed by atoms with Gasteiger partial charge >= 0.3 is 5.97 Å². The zero-order valence-corrected chi connectivity index (χ0v) is 21.5. The molecule has 6 aliphatic rings. The molecule has 0 aromatic heterocycles. The highest BCUT2D eigenvalue weighted by Crippen LogP contribution is 2.60. The molecule has 0 N–H and O–H groups in total. The monoisotopic (exact) mass is 500 g/mol. The van der Waals surface area contributed by atoms with Crippen molar-refractivity contribution in [2.45, 2.75) is 64.2 Å². The van der Waals surface area contributed by atoms with Gasteiger partial charge in [0.15, 0.2) is 0 Å². The Balaban J connectivity index is 1.04. The number of hydrogen-bond acceptors (Lipinski definition) is 5. The number of imide groups is 1. The summed E-state index contributed by atoms with van der Waals surface area (Å²) in [4.78, 5) is 43.8. The largest absolute Gasteiger partial charge is 0.465 e. The second kappa shape index (κ2) is 8.85. The van der Waals surface area contributed by atoms with Gasteiger partial charge in [0.05, 0.1) is 12.0 Å². The lowest BCUT2D eigenvalue weighted by Crippen LogP contribution is -2.50. The first-order valence-electron chi connectivity index (χ1n) is 14.4. The Kier molecular flexibility index (Phi) is 5.56. The molecular weight excluding hydrogens is 464 g/mol. The average molecular weight is 501 g/mol. The second-order valence-corrected chi connectivity index (χ2v) is 12.4. The number of carbonyl (C=O) groups excluding carboxylic acids is 3. The Bertz CT molecular complexity index is 1220. The first-order valence-corrected chi connectivity index (χ1v) is 14.4. The van der Waals surface area contributed by atoms with Gasteiger partial charge < -0.3 is 9.64 Å². The summed E-state index contributed by atoms with van der Waals surface area (Å²) in [6, 6.07) is 9.73. The van der Waals surface area contributed by atoms with E-state index in [0.717, 1.165) is 48.8 Å². The van der Waals surface area contributed by atoms with Crippen molar-refractivity contribution in [2.24, 2.45) is 23.2 Å².